The van der Waals surface area contributed by atoms with E-state index in [9.17, 15) is 14.4 Å². The summed E-state index contributed by atoms with van der Waals surface area (Å²) in [6.45, 7) is 0. The van der Waals surface area contributed by atoms with Crippen molar-refractivity contribution in [2.24, 2.45) is 0 Å². The fourth-order valence-electron chi connectivity index (χ4n) is 2.12. The predicted molar refractivity (Wildman–Crippen MR) is 64.4 cm³/mol. The minimum atomic E-state index is -1.23. The van der Waals surface area contributed by atoms with Gasteiger partial charge in [-0.3, -0.25) is 0 Å². The molecule has 3 aromatic rings. The monoisotopic (exact) mass is 242 g/mol. The Hall–Kier alpha value is -2.69. The van der Waals surface area contributed by atoms with E-state index < -0.39 is 17.2 Å². The smallest absolute Gasteiger partial charge is 0.347 e. The first-order valence-electron chi connectivity index (χ1n) is 5.15. The highest BCUT2D eigenvalue weighted by Crippen LogP contribution is 2.24. The molecule has 4 bridgehead atoms. The first kappa shape index (κ1) is 10.5. The summed E-state index contributed by atoms with van der Waals surface area (Å²) in [5, 5.41) is 10.2. The molecule has 0 saturated carbocycles. The van der Waals surface area contributed by atoms with Crippen LogP contribution in [0.1, 0.15) is 10.4 Å². The summed E-state index contributed by atoms with van der Waals surface area (Å²) in [6.07, 6.45) is 0. The van der Waals surface area contributed by atoms with Gasteiger partial charge in [-0.1, -0.05) is 18.2 Å². The van der Waals surface area contributed by atoms with E-state index in [1.165, 1.54) is 18.2 Å². The van der Waals surface area contributed by atoms with Crippen LogP contribution >= 0.6 is 0 Å². The molecule has 1 N–H and O–H groups in total. The Bertz CT molecular complexity index is 891. The molecule has 0 aliphatic carbocycles. The maximum Gasteiger partial charge on any atom is 0.347 e. The molecule has 2 aromatic carbocycles. The first-order chi connectivity index (χ1) is 8.59. The van der Waals surface area contributed by atoms with Crippen molar-refractivity contribution in [2.45, 2.75) is 0 Å². The van der Waals surface area contributed by atoms with E-state index in [4.69, 9.17) is 5.11 Å². The third-order valence-corrected chi connectivity index (χ3v) is 2.90. The summed E-state index contributed by atoms with van der Waals surface area (Å²) < 4.78 is 4.63. The molecule has 88 valence electrons. The second-order valence-corrected chi connectivity index (χ2v) is 3.87. The van der Waals surface area contributed by atoms with Gasteiger partial charge in [0.05, 0.1) is 16.3 Å². The third-order valence-electron chi connectivity index (χ3n) is 2.90. The van der Waals surface area contributed by atoms with E-state index in [0.29, 0.717) is 10.8 Å². The Balaban J connectivity index is 2.81. The lowest BCUT2D eigenvalue weighted by Gasteiger charge is -2.01. The van der Waals surface area contributed by atoms with Crippen molar-refractivity contribution in [3.63, 3.8) is 0 Å². The summed E-state index contributed by atoms with van der Waals surface area (Å²) in [5.74, 6) is -1.23. The van der Waals surface area contributed by atoms with Gasteiger partial charge in [-0.25, -0.2) is 14.4 Å². The van der Waals surface area contributed by atoms with Gasteiger partial charge in [-0.05, 0) is 22.9 Å². The SMILES string of the molecule is O=C(O)c1ccc2c3cccc2c1c(=O)oc3=O. The third kappa shape index (κ3) is 1.24. The molecule has 0 fully saturated rings. The second-order valence-electron chi connectivity index (χ2n) is 3.87. The molecular formula is C13H6O5. The van der Waals surface area contributed by atoms with Crippen molar-refractivity contribution in [1.82, 2.24) is 0 Å². The predicted octanol–water partition coefficient (Wildman–Crippen LogP) is 1.44. The summed E-state index contributed by atoms with van der Waals surface area (Å²) >= 11 is 0. The molecule has 0 amide bonds. The fourth-order valence-corrected chi connectivity index (χ4v) is 2.12. The average molecular weight is 242 g/mol. The molecule has 1 aromatic heterocycles. The minimum absolute atomic E-state index is 0.0762. The normalized spacial score (nSPS) is 11.1. The Kier molecular flexibility index (Phi) is 1.98. The van der Waals surface area contributed by atoms with Gasteiger partial charge >= 0.3 is 17.2 Å². The second kappa shape index (κ2) is 3.40. The maximum atomic E-state index is 11.8. The highest BCUT2D eigenvalue weighted by molar-refractivity contribution is 6.13. The number of carboxylic acid groups (broad SMARTS) is 1. The number of hydrogen-bond acceptors (Lipinski definition) is 4. The van der Waals surface area contributed by atoms with Gasteiger partial charge in [-0.2, -0.15) is 0 Å². The molecule has 0 spiro atoms. The van der Waals surface area contributed by atoms with Gasteiger partial charge in [0.25, 0.3) is 0 Å². The molecule has 0 saturated heterocycles. The van der Waals surface area contributed by atoms with Crippen LogP contribution in [-0.4, -0.2) is 11.1 Å². The highest BCUT2D eigenvalue weighted by atomic mass is 16.4. The standard InChI is InChI=1S/C13H6O5/c14-11(15)9-5-4-6-7-2-1-3-8(6)12(16)18-13(17)10(7)9/h1-5H,(H,14,15). The van der Waals surface area contributed by atoms with Crippen LogP contribution in [0, 0.1) is 0 Å². The van der Waals surface area contributed by atoms with Gasteiger partial charge in [0, 0.05) is 0 Å². The van der Waals surface area contributed by atoms with Gasteiger partial charge in [0.2, 0.25) is 0 Å². The van der Waals surface area contributed by atoms with Crippen molar-refractivity contribution in [3.05, 3.63) is 56.7 Å². The quantitative estimate of drug-likeness (QED) is 0.697. The molecule has 0 aliphatic rings. The molecule has 0 radical (unpaired) electrons. The van der Waals surface area contributed by atoms with Crippen molar-refractivity contribution >= 4 is 27.5 Å². The molecular weight excluding hydrogens is 236 g/mol. The molecule has 3 rings (SSSR count). The number of rotatable bonds is 1. The fraction of sp³-hybridized carbons (Fsp3) is 0. The Morgan fingerprint density at radius 3 is 2.39 bits per heavy atom. The van der Waals surface area contributed by atoms with Crippen LogP contribution in [0.2, 0.25) is 0 Å². The molecule has 5 heteroatoms. The number of benzene rings is 2. The molecule has 0 aliphatic heterocycles. The van der Waals surface area contributed by atoms with Crippen LogP contribution in [0.3, 0.4) is 0 Å². The van der Waals surface area contributed by atoms with Crippen LogP contribution in [0.15, 0.2) is 44.3 Å². The maximum absolute atomic E-state index is 11.8. The summed E-state index contributed by atoms with van der Waals surface area (Å²) in [6, 6.07) is 7.54. The van der Waals surface area contributed by atoms with Gasteiger partial charge in [0.1, 0.15) is 0 Å². The van der Waals surface area contributed by atoms with Crippen molar-refractivity contribution in [1.29, 1.82) is 0 Å². The Labute approximate surface area is 99.2 Å². The van der Waals surface area contributed by atoms with E-state index in [2.05, 4.69) is 4.42 Å². The zero-order valence-electron chi connectivity index (χ0n) is 8.97. The zero-order valence-corrected chi connectivity index (χ0v) is 8.97. The minimum Gasteiger partial charge on any atom is -0.478 e. The van der Waals surface area contributed by atoms with Crippen molar-refractivity contribution in [2.75, 3.05) is 0 Å². The number of carbonyl (C=O) groups is 1. The van der Waals surface area contributed by atoms with Crippen LogP contribution in [0.4, 0.5) is 0 Å². The van der Waals surface area contributed by atoms with E-state index in [1.807, 2.05) is 0 Å². The molecule has 1 heterocycles. The van der Waals surface area contributed by atoms with Gasteiger partial charge < -0.3 is 9.52 Å². The Morgan fingerprint density at radius 2 is 1.67 bits per heavy atom. The van der Waals surface area contributed by atoms with Crippen LogP contribution in [0.25, 0.3) is 21.5 Å². The van der Waals surface area contributed by atoms with Crippen molar-refractivity contribution in [3.8, 4) is 0 Å². The van der Waals surface area contributed by atoms with E-state index in [1.54, 1.807) is 12.1 Å². The van der Waals surface area contributed by atoms with Crippen LogP contribution in [0.5, 0.6) is 0 Å². The largest absolute Gasteiger partial charge is 0.478 e. The lowest BCUT2D eigenvalue weighted by molar-refractivity contribution is 0.0699. The highest BCUT2D eigenvalue weighted by Gasteiger charge is 2.16. The molecule has 18 heavy (non-hydrogen) atoms. The molecule has 5 nitrogen and oxygen atoms in total. The average Bonchev–Trinajstić information content (AvgIpc) is 2.41. The van der Waals surface area contributed by atoms with Gasteiger partial charge in [0.15, 0.2) is 0 Å². The number of carboxylic acids is 1. The molecule has 0 atom stereocenters. The van der Waals surface area contributed by atoms with E-state index in [0.717, 1.165) is 0 Å². The summed E-state index contributed by atoms with van der Waals surface area (Å²) in [7, 11) is 0. The van der Waals surface area contributed by atoms with Crippen LogP contribution in [-0.2, 0) is 0 Å². The summed E-state index contributed by atoms with van der Waals surface area (Å²) in [5.41, 5.74) is -1.85. The van der Waals surface area contributed by atoms with E-state index in [-0.39, 0.29) is 16.3 Å². The summed E-state index contributed by atoms with van der Waals surface area (Å²) in [4.78, 5) is 34.6. The number of hydrogen-bond donors (Lipinski definition) is 1. The van der Waals surface area contributed by atoms with E-state index >= 15 is 0 Å². The lowest BCUT2D eigenvalue weighted by atomic mass is 10.0. The topological polar surface area (TPSA) is 84.6 Å². The first-order valence-corrected chi connectivity index (χ1v) is 5.15. The Morgan fingerprint density at radius 1 is 0.944 bits per heavy atom. The van der Waals surface area contributed by atoms with Crippen molar-refractivity contribution < 1.29 is 14.3 Å². The molecule has 0 unspecified atom stereocenters. The van der Waals surface area contributed by atoms with Crippen LogP contribution < -0.4 is 11.3 Å². The number of aromatic carboxylic acids is 1. The lowest BCUT2D eigenvalue weighted by Crippen LogP contribution is -2.07. The van der Waals surface area contributed by atoms with Gasteiger partial charge in [-0.15, -0.1) is 0 Å². The zero-order chi connectivity index (χ0) is 12.9.